The van der Waals surface area contributed by atoms with Crippen LogP contribution in [0.2, 0.25) is 0 Å². The van der Waals surface area contributed by atoms with E-state index in [9.17, 15) is 4.79 Å². The zero-order valence-corrected chi connectivity index (χ0v) is 11.7. The first-order chi connectivity index (χ1) is 6.41. The molecule has 0 N–H and O–H groups in total. The summed E-state index contributed by atoms with van der Waals surface area (Å²) in [4.78, 5) is 11.0. The quantitative estimate of drug-likeness (QED) is 0.276. The molecule has 5 heteroatoms. The first-order valence-corrected chi connectivity index (χ1v) is 6.33. The Labute approximate surface area is 104 Å². The van der Waals surface area contributed by atoms with E-state index in [4.69, 9.17) is 9.47 Å². The van der Waals surface area contributed by atoms with E-state index in [1.165, 1.54) is 0 Å². The second kappa shape index (κ2) is 7.62. The molecule has 0 rings (SSSR count). The van der Waals surface area contributed by atoms with Crippen LogP contribution >= 0.6 is 35.2 Å². The van der Waals surface area contributed by atoms with Gasteiger partial charge in [-0.1, -0.05) is 43.4 Å². The fourth-order valence-corrected chi connectivity index (χ4v) is 1.47. The molecule has 0 fully saturated rings. The molecular formula is C9H17IO3S. The van der Waals surface area contributed by atoms with Crippen molar-refractivity contribution in [2.24, 2.45) is 5.92 Å². The van der Waals surface area contributed by atoms with Crippen LogP contribution in [0.15, 0.2) is 0 Å². The van der Waals surface area contributed by atoms with E-state index in [2.05, 4.69) is 35.2 Å². The van der Waals surface area contributed by atoms with Crippen LogP contribution in [-0.2, 0) is 9.47 Å². The predicted molar refractivity (Wildman–Crippen MR) is 68.1 cm³/mol. The third-order valence-electron chi connectivity index (χ3n) is 1.34. The van der Waals surface area contributed by atoms with Crippen molar-refractivity contribution in [3.63, 3.8) is 0 Å². The van der Waals surface area contributed by atoms with Crippen molar-refractivity contribution in [2.45, 2.75) is 36.6 Å². The lowest BCUT2D eigenvalue weighted by atomic mass is 10.1. The SMILES string of the molecule is CC(C)CC(S)OC(=O)OCC(C)I. The molecule has 0 radical (unpaired) electrons. The van der Waals surface area contributed by atoms with Crippen LogP contribution < -0.4 is 0 Å². The number of carbonyl (C=O) groups is 1. The Bertz CT molecular complexity index is 173. The summed E-state index contributed by atoms with van der Waals surface area (Å²) in [6, 6.07) is 0. The minimum absolute atomic E-state index is 0.295. The molecule has 0 bridgehead atoms. The minimum Gasteiger partial charge on any atom is -0.433 e. The van der Waals surface area contributed by atoms with Crippen LogP contribution in [-0.4, -0.2) is 22.1 Å². The van der Waals surface area contributed by atoms with E-state index < -0.39 is 6.16 Å². The zero-order chi connectivity index (χ0) is 11.1. The molecule has 0 aliphatic rings. The summed E-state index contributed by atoms with van der Waals surface area (Å²) >= 11 is 6.31. The van der Waals surface area contributed by atoms with Gasteiger partial charge in [0, 0.05) is 3.92 Å². The third kappa shape index (κ3) is 8.93. The van der Waals surface area contributed by atoms with Gasteiger partial charge in [-0.2, -0.15) is 0 Å². The molecule has 0 heterocycles. The van der Waals surface area contributed by atoms with Gasteiger partial charge in [-0.15, -0.1) is 12.6 Å². The standard InChI is InChI=1S/C9H17IO3S/c1-6(2)4-8(14)13-9(11)12-5-7(3)10/h6-8,14H,4-5H2,1-3H3. The molecule has 0 saturated carbocycles. The number of hydrogen-bond acceptors (Lipinski definition) is 4. The van der Waals surface area contributed by atoms with Crippen LogP contribution in [0.3, 0.4) is 0 Å². The summed E-state index contributed by atoms with van der Waals surface area (Å²) in [7, 11) is 0. The predicted octanol–water partition coefficient (Wildman–Crippen LogP) is 3.27. The lowest BCUT2D eigenvalue weighted by Gasteiger charge is -2.14. The smallest absolute Gasteiger partial charge is 0.433 e. The number of rotatable bonds is 5. The fraction of sp³-hybridized carbons (Fsp3) is 0.889. The van der Waals surface area contributed by atoms with Gasteiger partial charge in [-0.25, -0.2) is 4.79 Å². The number of alkyl halides is 1. The van der Waals surface area contributed by atoms with E-state index in [1.54, 1.807) is 0 Å². The molecule has 2 atom stereocenters. The maximum atomic E-state index is 11.0. The average molecular weight is 332 g/mol. The van der Waals surface area contributed by atoms with Gasteiger partial charge >= 0.3 is 6.16 Å². The van der Waals surface area contributed by atoms with E-state index >= 15 is 0 Å². The van der Waals surface area contributed by atoms with Crippen LogP contribution in [0.1, 0.15) is 27.2 Å². The monoisotopic (exact) mass is 332 g/mol. The lowest BCUT2D eigenvalue weighted by Crippen LogP contribution is -2.18. The number of thiol groups is 1. The highest BCUT2D eigenvalue weighted by Gasteiger charge is 2.13. The molecule has 0 amide bonds. The zero-order valence-electron chi connectivity index (χ0n) is 8.70. The Balaban J connectivity index is 3.60. The van der Waals surface area contributed by atoms with Gasteiger partial charge in [-0.3, -0.25) is 0 Å². The molecule has 0 aliphatic heterocycles. The summed E-state index contributed by atoms with van der Waals surface area (Å²) < 4.78 is 10.0. The lowest BCUT2D eigenvalue weighted by molar-refractivity contribution is 0.0453. The molecule has 14 heavy (non-hydrogen) atoms. The molecule has 2 unspecified atom stereocenters. The second-order valence-corrected chi connectivity index (χ2v) is 6.25. The topological polar surface area (TPSA) is 35.5 Å². The Morgan fingerprint density at radius 2 is 2.00 bits per heavy atom. The molecule has 3 nitrogen and oxygen atoms in total. The van der Waals surface area contributed by atoms with E-state index in [0.717, 1.165) is 6.42 Å². The maximum Gasteiger partial charge on any atom is 0.509 e. The highest BCUT2D eigenvalue weighted by molar-refractivity contribution is 14.1. The van der Waals surface area contributed by atoms with Gasteiger partial charge in [0.25, 0.3) is 0 Å². The van der Waals surface area contributed by atoms with Gasteiger partial charge in [0.2, 0.25) is 0 Å². The van der Waals surface area contributed by atoms with E-state index in [1.807, 2.05) is 20.8 Å². The largest absolute Gasteiger partial charge is 0.509 e. The first kappa shape index (κ1) is 14.3. The summed E-state index contributed by atoms with van der Waals surface area (Å²) in [5.41, 5.74) is -0.369. The number of carbonyl (C=O) groups excluding carboxylic acids is 1. The second-order valence-electron chi connectivity index (χ2n) is 3.54. The van der Waals surface area contributed by atoms with Crippen LogP contribution in [0, 0.1) is 5.92 Å². The molecule has 84 valence electrons. The average Bonchev–Trinajstić information content (AvgIpc) is 1.98. The van der Waals surface area contributed by atoms with Crippen molar-refractivity contribution in [3.05, 3.63) is 0 Å². The summed E-state index contributed by atoms with van der Waals surface area (Å²) in [5.74, 6) is 0.453. The van der Waals surface area contributed by atoms with Crippen molar-refractivity contribution in [3.8, 4) is 0 Å². The van der Waals surface area contributed by atoms with Gasteiger partial charge in [-0.05, 0) is 12.3 Å². The van der Waals surface area contributed by atoms with Crippen molar-refractivity contribution in [1.82, 2.24) is 0 Å². The van der Waals surface area contributed by atoms with Gasteiger partial charge < -0.3 is 9.47 Å². The molecule has 0 aromatic rings. The number of ether oxygens (including phenoxy) is 2. The highest BCUT2D eigenvalue weighted by Crippen LogP contribution is 2.12. The summed E-state index contributed by atoms with van der Waals surface area (Å²) in [6.45, 7) is 6.43. The van der Waals surface area contributed by atoms with Crippen molar-refractivity contribution < 1.29 is 14.3 Å². The van der Waals surface area contributed by atoms with E-state index in [-0.39, 0.29) is 5.44 Å². The Kier molecular flexibility index (Phi) is 7.81. The van der Waals surface area contributed by atoms with Gasteiger partial charge in [0.1, 0.15) is 12.0 Å². The highest BCUT2D eigenvalue weighted by atomic mass is 127. The Hall–Kier alpha value is 0.350. The molecule has 0 saturated heterocycles. The van der Waals surface area contributed by atoms with E-state index in [0.29, 0.717) is 16.4 Å². The molecule has 0 spiro atoms. The molecule has 0 aliphatic carbocycles. The van der Waals surface area contributed by atoms with Crippen LogP contribution in [0.25, 0.3) is 0 Å². The molecule has 0 aromatic carbocycles. The van der Waals surface area contributed by atoms with Crippen LogP contribution in [0.4, 0.5) is 4.79 Å². The normalized spacial score (nSPS) is 15.0. The minimum atomic E-state index is -0.630. The van der Waals surface area contributed by atoms with Gasteiger partial charge in [0.05, 0.1) is 0 Å². The maximum absolute atomic E-state index is 11.0. The van der Waals surface area contributed by atoms with Crippen molar-refractivity contribution in [1.29, 1.82) is 0 Å². The third-order valence-corrected chi connectivity index (χ3v) is 2.01. The Morgan fingerprint density at radius 1 is 1.43 bits per heavy atom. The summed E-state index contributed by atoms with van der Waals surface area (Å²) in [6.07, 6.45) is 0.104. The van der Waals surface area contributed by atoms with Crippen molar-refractivity contribution in [2.75, 3.05) is 6.61 Å². The van der Waals surface area contributed by atoms with Crippen LogP contribution in [0.5, 0.6) is 0 Å². The first-order valence-electron chi connectivity index (χ1n) is 4.57. The molecular weight excluding hydrogens is 315 g/mol. The van der Waals surface area contributed by atoms with Gasteiger partial charge in [0.15, 0.2) is 0 Å². The number of halogens is 1. The Morgan fingerprint density at radius 3 is 2.43 bits per heavy atom. The summed E-state index contributed by atoms with van der Waals surface area (Å²) in [5, 5.41) is 0. The van der Waals surface area contributed by atoms with Crippen molar-refractivity contribution >= 4 is 41.4 Å². The molecule has 0 aromatic heterocycles. The number of hydrogen-bond donors (Lipinski definition) is 1. The fourth-order valence-electron chi connectivity index (χ4n) is 0.779.